The van der Waals surface area contributed by atoms with Gasteiger partial charge in [0.15, 0.2) is 6.26 Å². The smallest absolute Gasteiger partial charge is 0.225 e. The summed E-state index contributed by atoms with van der Waals surface area (Å²) in [5.41, 5.74) is 5.10. The molecule has 0 saturated heterocycles. The Morgan fingerprint density at radius 2 is 2.29 bits per heavy atom. The van der Waals surface area contributed by atoms with Gasteiger partial charge in [-0.3, -0.25) is 0 Å². The normalized spacial score (nSPS) is 16.9. The first-order valence-electron chi connectivity index (χ1n) is 1.82. The van der Waals surface area contributed by atoms with Crippen molar-refractivity contribution in [3.8, 4) is 0 Å². The van der Waals surface area contributed by atoms with Crippen molar-refractivity contribution in [3.05, 3.63) is 24.7 Å². The highest BCUT2D eigenvalue weighted by Gasteiger charge is 1.89. The predicted octanol–water partition coefficient (Wildman–Crippen LogP) is 0.262. The molecule has 7 heavy (non-hydrogen) atoms. The number of nitrogens with two attached hydrogens (primary N) is 1. The van der Waals surface area contributed by atoms with Crippen LogP contribution in [0.4, 0.5) is 0 Å². The SMILES string of the molecule is NC1=COC=CO1. The second-order valence-corrected chi connectivity index (χ2v) is 1.05. The molecule has 0 atom stereocenters. The maximum atomic E-state index is 5.10. The van der Waals surface area contributed by atoms with Crippen LogP contribution in [0.25, 0.3) is 0 Å². The van der Waals surface area contributed by atoms with E-state index in [9.17, 15) is 0 Å². The summed E-state index contributed by atoms with van der Waals surface area (Å²) in [7, 11) is 0. The van der Waals surface area contributed by atoms with Crippen molar-refractivity contribution in [2.24, 2.45) is 5.73 Å². The van der Waals surface area contributed by atoms with Gasteiger partial charge in [0.05, 0.1) is 0 Å². The van der Waals surface area contributed by atoms with Crippen molar-refractivity contribution in [1.29, 1.82) is 0 Å². The van der Waals surface area contributed by atoms with Crippen LogP contribution in [0.1, 0.15) is 0 Å². The van der Waals surface area contributed by atoms with Gasteiger partial charge in [-0.2, -0.15) is 0 Å². The Kier molecular flexibility index (Phi) is 0.898. The predicted molar refractivity (Wildman–Crippen MR) is 23.6 cm³/mol. The molecule has 3 heteroatoms. The van der Waals surface area contributed by atoms with E-state index in [0.29, 0.717) is 0 Å². The second kappa shape index (κ2) is 1.55. The molecule has 0 aliphatic carbocycles. The zero-order valence-corrected chi connectivity index (χ0v) is 3.63. The number of ether oxygens (including phenoxy) is 2. The fraction of sp³-hybridized carbons (Fsp3) is 0. The van der Waals surface area contributed by atoms with Gasteiger partial charge >= 0.3 is 0 Å². The zero-order valence-electron chi connectivity index (χ0n) is 3.63. The van der Waals surface area contributed by atoms with Gasteiger partial charge in [-0.1, -0.05) is 0 Å². The minimum atomic E-state index is 0.280. The van der Waals surface area contributed by atoms with E-state index in [2.05, 4.69) is 9.47 Å². The quantitative estimate of drug-likeness (QED) is 0.473. The van der Waals surface area contributed by atoms with E-state index in [4.69, 9.17) is 5.73 Å². The standard InChI is InChI=1S/C4H5NO2/c5-4-3-6-1-2-7-4/h1-3H,5H2. The highest BCUT2D eigenvalue weighted by Crippen LogP contribution is 1.96. The number of rotatable bonds is 0. The zero-order chi connectivity index (χ0) is 5.11. The lowest BCUT2D eigenvalue weighted by Crippen LogP contribution is -2.01. The van der Waals surface area contributed by atoms with Crippen LogP contribution in [0.2, 0.25) is 0 Å². The average Bonchev–Trinajstić information content (AvgIpc) is 1.69. The second-order valence-electron chi connectivity index (χ2n) is 1.05. The Morgan fingerprint density at radius 1 is 1.43 bits per heavy atom. The molecular formula is C4H5NO2. The molecule has 1 aliphatic rings. The lowest BCUT2D eigenvalue weighted by molar-refractivity contribution is 0.254. The molecule has 1 heterocycles. The van der Waals surface area contributed by atoms with Gasteiger partial charge in [0.1, 0.15) is 12.5 Å². The molecule has 1 aliphatic heterocycles. The number of hydrogen-bond donors (Lipinski definition) is 1. The van der Waals surface area contributed by atoms with Gasteiger partial charge in [0, 0.05) is 0 Å². The maximum Gasteiger partial charge on any atom is 0.225 e. The van der Waals surface area contributed by atoms with Crippen molar-refractivity contribution < 1.29 is 9.47 Å². The summed E-state index contributed by atoms with van der Waals surface area (Å²) in [4.78, 5) is 0. The Morgan fingerprint density at radius 3 is 2.57 bits per heavy atom. The fourth-order valence-electron chi connectivity index (χ4n) is 0.273. The summed E-state index contributed by atoms with van der Waals surface area (Å²) in [5, 5.41) is 0. The molecule has 2 N–H and O–H groups in total. The van der Waals surface area contributed by atoms with Crippen molar-refractivity contribution >= 4 is 0 Å². The molecule has 3 nitrogen and oxygen atoms in total. The minimum Gasteiger partial charge on any atom is -0.464 e. The molecule has 0 spiro atoms. The molecule has 0 aromatic carbocycles. The third-order valence-corrected chi connectivity index (χ3v) is 0.522. The Hall–Kier alpha value is -1.12. The topological polar surface area (TPSA) is 44.5 Å². The molecule has 38 valence electrons. The molecule has 0 fully saturated rings. The lowest BCUT2D eigenvalue weighted by atomic mass is 10.8. The fourth-order valence-corrected chi connectivity index (χ4v) is 0.273. The van der Waals surface area contributed by atoms with Gasteiger partial charge in [0.2, 0.25) is 5.88 Å². The number of hydrogen-bond acceptors (Lipinski definition) is 3. The van der Waals surface area contributed by atoms with Crippen LogP contribution in [0.3, 0.4) is 0 Å². The third kappa shape index (κ3) is 0.855. The van der Waals surface area contributed by atoms with Crippen LogP contribution in [-0.4, -0.2) is 0 Å². The van der Waals surface area contributed by atoms with Crippen molar-refractivity contribution in [1.82, 2.24) is 0 Å². The first-order valence-corrected chi connectivity index (χ1v) is 1.82. The Balaban J connectivity index is 2.50. The summed E-state index contributed by atoms with van der Waals surface area (Å²) in [5.74, 6) is 0.280. The summed E-state index contributed by atoms with van der Waals surface area (Å²) >= 11 is 0. The Bertz CT molecular complexity index is 117. The summed E-state index contributed by atoms with van der Waals surface area (Å²) in [6.07, 6.45) is 4.09. The van der Waals surface area contributed by atoms with Crippen LogP contribution in [0, 0.1) is 0 Å². The molecule has 1 rings (SSSR count). The van der Waals surface area contributed by atoms with E-state index in [0.717, 1.165) is 0 Å². The van der Waals surface area contributed by atoms with Crippen molar-refractivity contribution in [2.75, 3.05) is 0 Å². The van der Waals surface area contributed by atoms with Gasteiger partial charge in [-0.05, 0) is 0 Å². The maximum absolute atomic E-state index is 5.10. The highest BCUT2D eigenvalue weighted by molar-refractivity contribution is 4.88. The summed E-state index contributed by atoms with van der Waals surface area (Å²) in [6, 6.07) is 0. The van der Waals surface area contributed by atoms with Gasteiger partial charge < -0.3 is 15.2 Å². The summed E-state index contributed by atoms with van der Waals surface area (Å²) < 4.78 is 9.20. The van der Waals surface area contributed by atoms with E-state index in [1.165, 1.54) is 18.8 Å². The highest BCUT2D eigenvalue weighted by atomic mass is 16.5. The molecule has 0 unspecified atom stereocenters. The third-order valence-electron chi connectivity index (χ3n) is 0.522. The van der Waals surface area contributed by atoms with E-state index < -0.39 is 0 Å². The van der Waals surface area contributed by atoms with Crippen LogP contribution in [-0.2, 0) is 9.47 Å². The van der Waals surface area contributed by atoms with Crippen molar-refractivity contribution in [3.63, 3.8) is 0 Å². The average molecular weight is 99.1 g/mol. The minimum absolute atomic E-state index is 0.280. The molecule has 0 saturated carbocycles. The molecule has 0 aromatic rings. The molecule has 0 aromatic heterocycles. The van der Waals surface area contributed by atoms with Crippen LogP contribution < -0.4 is 5.73 Å². The summed E-state index contributed by atoms with van der Waals surface area (Å²) in [6.45, 7) is 0. The van der Waals surface area contributed by atoms with E-state index in [1.54, 1.807) is 0 Å². The molecule has 0 radical (unpaired) electrons. The van der Waals surface area contributed by atoms with Crippen LogP contribution in [0.15, 0.2) is 24.7 Å². The van der Waals surface area contributed by atoms with Gasteiger partial charge in [-0.15, -0.1) is 0 Å². The Labute approximate surface area is 41.0 Å². The first-order chi connectivity index (χ1) is 3.39. The monoisotopic (exact) mass is 99.0 g/mol. The molecule has 0 bridgehead atoms. The van der Waals surface area contributed by atoms with Gasteiger partial charge in [-0.25, -0.2) is 0 Å². The van der Waals surface area contributed by atoms with Crippen molar-refractivity contribution in [2.45, 2.75) is 0 Å². The van der Waals surface area contributed by atoms with Crippen LogP contribution >= 0.6 is 0 Å². The first kappa shape index (κ1) is 4.05. The largest absolute Gasteiger partial charge is 0.464 e. The molecule has 0 amide bonds. The van der Waals surface area contributed by atoms with Crippen LogP contribution in [0.5, 0.6) is 0 Å². The van der Waals surface area contributed by atoms with Gasteiger partial charge in [0.25, 0.3) is 0 Å². The lowest BCUT2D eigenvalue weighted by Gasteiger charge is -2.01. The molecular weight excluding hydrogens is 94.0 g/mol. The van der Waals surface area contributed by atoms with E-state index in [-0.39, 0.29) is 5.88 Å². The van der Waals surface area contributed by atoms with E-state index >= 15 is 0 Å². The van der Waals surface area contributed by atoms with E-state index in [1.807, 2.05) is 0 Å².